The number of rotatable bonds is 0. The summed E-state index contributed by atoms with van der Waals surface area (Å²) in [7, 11) is 0. The lowest BCUT2D eigenvalue weighted by atomic mass is 9.94. The predicted molar refractivity (Wildman–Crippen MR) is 559 cm³/mol. The molecule has 0 aliphatic heterocycles. The molecule has 0 unspecified atom stereocenters. The minimum Gasteiger partial charge on any atom is -0.291 e. The minimum absolute atomic E-state index is 0.917. The smallest absolute Gasteiger partial charge is 0.146 e. The van der Waals surface area contributed by atoms with Gasteiger partial charge in [-0.15, -0.1) is 0 Å². The van der Waals surface area contributed by atoms with Crippen molar-refractivity contribution < 1.29 is 0 Å². The average molecular weight is 1790 g/mol. The summed E-state index contributed by atoms with van der Waals surface area (Å²) in [5.41, 5.74) is 61.4. The van der Waals surface area contributed by atoms with E-state index in [9.17, 15) is 0 Å². The van der Waals surface area contributed by atoms with Gasteiger partial charge in [0, 0.05) is 124 Å². The van der Waals surface area contributed by atoms with Crippen LogP contribution in [-0.4, -0.2) is 77.4 Å². The third-order valence-electron chi connectivity index (χ3n) is 32.1. The lowest BCUT2D eigenvalue weighted by molar-refractivity contribution is 1.17. The van der Waals surface area contributed by atoms with Crippen molar-refractivity contribution in [2.45, 2.75) is 51.4 Å². The predicted octanol–water partition coefficient (Wildman–Crippen LogP) is 26.9. The van der Waals surface area contributed by atoms with Gasteiger partial charge in [-0.05, 0) is 305 Å². The first kappa shape index (κ1) is 75.1. The van der Waals surface area contributed by atoms with Crippen LogP contribution in [0, 0.1) is 0 Å². The van der Waals surface area contributed by atoms with Crippen molar-refractivity contribution in [1.29, 1.82) is 0 Å². The van der Waals surface area contributed by atoms with Gasteiger partial charge in [0.2, 0.25) is 0 Å². The molecule has 0 saturated heterocycles. The van der Waals surface area contributed by atoms with E-state index >= 15 is 0 Å². The lowest BCUT2D eigenvalue weighted by Gasteiger charge is -2.13. The van der Waals surface area contributed by atoms with E-state index in [2.05, 4.69) is 300 Å². The molecule has 0 N–H and O–H groups in total. The van der Waals surface area contributed by atoms with Gasteiger partial charge in [-0.25, -0.2) is 19.9 Å². The summed E-state index contributed by atoms with van der Waals surface area (Å²) < 4.78 is 9.16. The number of pyridine rings is 12. The molecule has 12 aromatic carbocycles. The summed E-state index contributed by atoms with van der Waals surface area (Å²) in [6.45, 7) is 0. The summed E-state index contributed by atoms with van der Waals surface area (Å²) in [5.74, 6) is 0. The standard InChI is InChI=1S/4C31H18N4/c1-2-4-20-17(3-1)11-18-12-24-19(13-23(18)20)14-25-21(24)5-6-22-26-15-32-9-7-28(26)35-29-8-10-33-16-27(29)34-31(35)30(22)25;1-2-4-19-17(3-1)13-23-20(19)6-5-18-14-24-21(29(18)23)7-8-22-25-15-32-11-9-27(25)35-28-10-12-33-16-26(28)34-31(35)30(22)24;1-2-4-19-17(3-1)13-18-5-6-20-21-7-8-22-25-15-32-11-9-27(25)35-28-10-12-33-16-26(28)34-31(35)30(22)24(21)14-23(20)29(18)19;1-2-4-18-17(3-1)13-23-19(18)5-6-20-21-7-8-22-26-15-32-11-9-28(26)35-29-10-12-33-16-27(29)34-31(35)30(22)25(21)14-24(20)23/h1-10,12-13,15-16H,11,14H2;3*1-12,15-16H,13-14H2. The zero-order chi connectivity index (χ0) is 90.7. The Morgan fingerprint density at radius 1 is 0.164 bits per heavy atom. The minimum atomic E-state index is 0.917. The fraction of sp³-hybridized carbons (Fsp3) is 0.0645. The molecule has 0 spiro atoms. The van der Waals surface area contributed by atoms with Crippen molar-refractivity contribution in [2.24, 2.45) is 0 Å². The first-order valence-corrected chi connectivity index (χ1v) is 48.1. The topological polar surface area (TPSA) is 172 Å². The third-order valence-corrected chi connectivity index (χ3v) is 32.1. The van der Waals surface area contributed by atoms with Crippen molar-refractivity contribution in [3.8, 4) is 89.0 Å². The summed E-state index contributed by atoms with van der Waals surface area (Å²) in [6, 6.07) is 89.2. The molecule has 648 valence electrons. The van der Waals surface area contributed by atoms with Crippen molar-refractivity contribution in [3.05, 3.63) is 431 Å². The van der Waals surface area contributed by atoms with Crippen molar-refractivity contribution in [1.82, 2.24) is 77.4 Å². The Morgan fingerprint density at radius 3 is 0.879 bits per heavy atom. The number of aromatic nitrogens is 16. The molecule has 140 heavy (non-hydrogen) atoms. The Bertz CT molecular complexity index is 10600. The molecule has 16 nitrogen and oxygen atoms in total. The summed E-state index contributed by atoms with van der Waals surface area (Å²) in [6.07, 6.45) is 38.0. The maximum absolute atomic E-state index is 5.12. The van der Waals surface area contributed by atoms with E-state index in [0.717, 1.165) is 162 Å². The van der Waals surface area contributed by atoms with E-state index in [-0.39, 0.29) is 0 Å². The van der Waals surface area contributed by atoms with Gasteiger partial charge in [-0.2, -0.15) is 0 Å². The largest absolute Gasteiger partial charge is 0.291 e. The molecule has 0 radical (unpaired) electrons. The first-order valence-electron chi connectivity index (χ1n) is 48.1. The fourth-order valence-corrected chi connectivity index (χ4v) is 26.3. The molecule has 28 aromatic rings. The molecule has 0 bridgehead atoms. The van der Waals surface area contributed by atoms with E-state index in [1.807, 2.05) is 99.1 Å². The summed E-state index contributed by atoms with van der Waals surface area (Å²) in [5, 5.41) is 14.4. The van der Waals surface area contributed by atoms with Crippen LogP contribution in [0.1, 0.15) is 89.0 Å². The van der Waals surface area contributed by atoms with Crippen molar-refractivity contribution in [3.63, 3.8) is 0 Å². The molecule has 16 heterocycles. The zero-order valence-electron chi connectivity index (χ0n) is 75.1. The van der Waals surface area contributed by atoms with Gasteiger partial charge in [0.15, 0.2) is 0 Å². The van der Waals surface area contributed by atoms with Crippen LogP contribution in [0.5, 0.6) is 0 Å². The molecule has 8 aliphatic carbocycles. The van der Waals surface area contributed by atoms with Crippen LogP contribution in [0.3, 0.4) is 0 Å². The fourth-order valence-electron chi connectivity index (χ4n) is 26.3. The maximum Gasteiger partial charge on any atom is 0.146 e. The second-order valence-electron chi connectivity index (χ2n) is 38.7. The lowest BCUT2D eigenvalue weighted by Crippen LogP contribution is -1.95. The van der Waals surface area contributed by atoms with E-state index in [4.69, 9.17) is 19.9 Å². The van der Waals surface area contributed by atoms with Gasteiger partial charge in [0.25, 0.3) is 0 Å². The second kappa shape index (κ2) is 27.7. The third kappa shape index (κ3) is 10.1. The zero-order valence-corrected chi connectivity index (χ0v) is 75.1. The molecule has 8 aliphatic rings. The molecule has 16 heteroatoms. The highest BCUT2D eigenvalue weighted by molar-refractivity contribution is 6.22. The van der Waals surface area contributed by atoms with E-state index in [1.165, 1.54) is 221 Å². The van der Waals surface area contributed by atoms with Crippen LogP contribution in [0.15, 0.2) is 342 Å². The van der Waals surface area contributed by atoms with Crippen molar-refractivity contribution >= 4 is 153 Å². The Hall–Kier alpha value is -18.3. The molecule has 0 amide bonds. The molecule has 36 rings (SSSR count). The Labute approximate surface area is 796 Å². The van der Waals surface area contributed by atoms with E-state index in [0.29, 0.717) is 0 Å². The molecule has 0 fully saturated rings. The van der Waals surface area contributed by atoms with Gasteiger partial charge in [-0.1, -0.05) is 182 Å². The Morgan fingerprint density at radius 2 is 0.421 bits per heavy atom. The van der Waals surface area contributed by atoms with Gasteiger partial charge >= 0.3 is 0 Å². The molecule has 0 atom stereocenters. The summed E-state index contributed by atoms with van der Waals surface area (Å²) in [4.78, 5) is 55.8. The number of fused-ring (bicyclic) bond motifs is 63. The monoisotopic (exact) mass is 1780 g/mol. The average Bonchev–Trinajstić information content (AvgIpc) is 1.55. The van der Waals surface area contributed by atoms with Gasteiger partial charge in [0.05, 0.1) is 68.9 Å². The van der Waals surface area contributed by atoms with Crippen LogP contribution in [0.25, 0.3) is 242 Å². The van der Waals surface area contributed by atoms with Gasteiger partial charge in [-0.3, -0.25) is 57.5 Å². The van der Waals surface area contributed by atoms with Crippen LogP contribution in [0.4, 0.5) is 0 Å². The highest BCUT2D eigenvalue weighted by atomic mass is 15.1. The number of benzene rings is 12. The van der Waals surface area contributed by atoms with Crippen LogP contribution in [0.2, 0.25) is 0 Å². The van der Waals surface area contributed by atoms with Crippen LogP contribution >= 0.6 is 0 Å². The normalized spacial score (nSPS) is 13.5. The van der Waals surface area contributed by atoms with Crippen LogP contribution in [-0.2, 0) is 51.4 Å². The highest BCUT2D eigenvalue weighted by Crippen LogP contribution is 2.57. The molecular weight excluding hydrogens is 1710 g/mol. The maximum atomic E-state index is 5.12. The highest BCUT2D eigenvalue weighted by Gasteiger charge is 2.37. The number of hydrogen-bond acceptors (Lipinski definition) is 12. The SMILES string of the molecule is c1ccc2c(c1)Cc1c-2ccc2c1-c1ccc3c4cnccc4n4c5ccncc5nc4c3c1C2.c1ccc2c(c1)Cc1c-2ccc2c1Cc1c-2ccc2c3cnccc3n3c4ccncc4nc3c12.c1ccc2c(c1)Cc1cc3c(cc1-2)Cc1c-3ccc2c3cnccc3n3c4ccncc4nc3c12.c1ccc2c(c1)Cc1ccc3c(c1-2)Cc1c-3ccc2c3cnccc3n3c4ccncc4nc3c12. The molecule has 16 aromatic heterocycles. The number of imidazole rings is 4. The quantitative estimate of drug-likeness (QED) is 0.132. The van der Waals surface area contributed by atoms with E-state index < -0.39 is 0 Å². The van der Waals surface area contributed by atoms with Gasteiger partial charge < -0.3 is 0 Å². The Kier molecular flexibility index (Phi) is 14.9. The summed E-state index contributed by atoms with van der Waals surface area (Å²) >= 11 is 0. The van der Waals surface area contributed by atoms with E-state index in [1.54, 1.807) is 0 Å². The number of hydrogen-bond donors (Lipinski definition) is 0. The van der Waals surface area contributed by atoms with Crippen molar-refractivity contribution in [2.75, 3.05) is 0 Å². The molecular formula is C124H72N16. The molecule has 0 saturated carbocycles. The Balaban J connectivity index is 0.0000000829. The van der Waals surface area contributed by atoms with Crippen LogP contribution < -0.4 is 0 Å². The number of nitrogens with zero attached hydrogens (tertiary/aromatic N) is 16. The van der Waals surface area contributed by atoms with Gasteiger partial charge in [0.1, 0.15) is 44.7 Å². The second-order valence-corrected chi connectivity index (χ2v) is 38.7. The first-order chi connectivity index (χ1) is 69.4.